The first kappa shape index (κ1) is 30.4. The summed E-state index contributed by atoms with van der Waals surface area (Å²) >= 11 is 0. The number of para-hydroxylation sites is 1. The van der Waals surface area contributed by atoms with Crippen LogP contribution in [0.25, 0.3) is 110 Å². The molecule has 0 spiro atoms. The number of hydrogen-bond donors (Lipinski definition) is 0. The van der Waals surface area contributed by atoms with Gasteiger partial charge in [0.25, 0.3) is 0 Å². The van der Waals surface area contributed by atoms with Crippen molar-refractivity contribution in [3.05, 3.63) is 188 Å². The van der Waals surface area contributed by atoms with E-state index in [4.69, 9.17) is 9.97 Å². The fourth-order valence-electron chi connectivity index (χ4n) is 8.20. The van der Waals surface area contributed by atoms with Gasteiger partial charge in [0, 0.05) is 44.3 Å². The first-order valence-electron chi connectivity index (χ1n) is 18.3. The normalized spacial score (nSPS) is 11.7. The first-order chi connectivity index (χ1) is 26.7. The van der Waals surface area contributed by atoms with Gasteiger partial charge in [-0.1, -0.05) is 146 Å². The molecule has 0 unspecified atom stereocenters. The van der Waals surface area contributed by atoms with Crippen molar-refractivity contribution in [2.24, 2.45) is 0 Å². The molecule has 3 heteroatoms. The van der Waals surface area contributed by atoms with Crippen LogP contribution in [0.4, 0.5) is 0 Å². The largest absolute Gasteiger partial charge is 0.254 e. The van der Waals surface area contributed by atoms with Gasteiger partial charge in [0.2, 0.25) is 0 Å². The Morgan fingerprint density at radius 2 is 1.00 bits per heavy atom. The van der Waals surface area contributed by atoms with Crippen LogP contribution in [0.3, 0.4) is 0 Å². The number of benzene rings is 8. The molecule has 0 amide bonds. The molecule has 54 heavy (non-hydrogen) atoms. The van der Waals surface area contributed by atoms with E-state index in [1.165, 1.54) is 43.4 Å². The summed E-state index contributed by atoms with van der Waals surface area (Å²) in [5.74, 6) is 0. The average molecular weight is 686 g/mol. The Bertz CT molecular complexity index is 3270. The van der Waals surface area contributed by atoms with E-state index in [1.54, 1.807) is 0 Å². The number of nitrogens with zero attached hydrogens (tertiary/aromatic N) is 3. The van der Waals surface area contributed by atoms with Crippen molar-refractivity contribution in [1.82, 2.24) is 15.0 Å². The second-order valence-corrected chi connectivity index (χ2v) is 14.0. The molecule has 3 heterocycles. The minimum atomic E-state index is 0.928. The van der Waals surface area contributed by atoms with Gasteiger partial charge in [0.15, 0.2) is 0 Å². The third-order valence-corrected chi connectivity index (χ3v) is 10.8. The summed E-state index contributed by atoms with van der Waals surface area (Å²) in [6.07, 6.45) is 1.84. The lowest BCUT2D eigenvalue weighted by molar-refractivity contribution is 1.37. The van der Waals surface area contributed by atoms with Crippen molar-refractivity contribution in [3.8, 4) is 44.8 Å². The molecule has 0 aliphatic carbocycles. The Labute approximate surface area is 311 Å². The second kappa shape index (κ2) is 12.2. The predicted octanol–water partition coefficient (Wildman–Crippen LogP) is 13.5. The van der Waals surface area contributed by atoms with Gasteiger partial charge in [-0.05, 0) is 80.2 Å². The highest BCUT2D eigenvalue weighted by Crippen LogP contribution is 2.42. The van der Waals surface area contributed by atoms with Gasteiger partial charge in [-0.3, -0.25) is 4.98 Å². The summed E-state index contributed by atoms with van der Waals surface area (Å²) in [4.78, 5) is 15.1. The Morgan fingerprint density at radius 1 is 0.333 bits per heavy atom. The Kier molecular flexibility index (Phi) is 6.86. The van der Waals surface area contributed by atoms with E-state index >= 15 is 0 Å². The molecular weight excluding hydrogens is 655 g/mol. The SMILES string of the molecule is c1cc(-c2ccc(-c3ccc4ccc5cccnc5c4n3)cc2)cc(-c2cc3c(-c4ccc5ccccc5c4)nc4ccccc4c3c3ccccc23)c1. The van der Waals surface area contributed by atoms with Gasteiger partial charge in [0.05, 0.1) is 27.9 Å². The third-order valence-electron chi connectivity index (χ3n) is 10.8. The van der Waals surface area contributed by atoms with Gasteiger partial charge >= 0.3 is 0 Å². The Hall–Kier alpha value is -7.23. The fraction of sp³-hybridized carbons (Fsp3) is 0. The molecule has 3 nitrogen and oxygen atoms in total. The van der Waals surface area contributed by atoms with E-state index in [9.17, 15) is 0 Å². The molecule has 3 aromatic heterocycles. The van der Waals surface area contributed by atoms with Gasteiger partial charge in [0.1, 0.15) is 0 Å². The highest BCUT2D eigenvalue weighted by Gasteiger charge is 2.17. The first-order valence-corrected chi connectivity index (χ1v) is 18.3. The maximum Gasteiger partial charge on any atom is 0.0972 e. The van der Waals surface area contributed by atoms with Crippen LogP contribution in [-0.4, -0.2) is 15.0 Å². The maximum absolute atomic E-state index is 5.34. The standard InChI is InChI=1S/C51H31N3/c1-2-10-37-30-40(25-20-32(37)9-1)49-45-31-44(41-14-3-4-15-42(41)48(45)43-16-5-6-17-47(43)54-49)39-12-7-11-38(29-39)33-18-21-34(22-19-33)46-27-26-36-24-23-35-13-8-28-52-50(35)51(36)53-46/h1-31H. The van der Waals surface area contributed by atoms with Gasteiger partial charge in [-0.2, -0.15) is 0 Å². The molecular formula is C51H31N3. The molecule has 0 radical (unpaired) electrons. The quantitative estimate of drug-likeness (QED) is 0.173. The van der Waals surface area contributed by atoms with Gasteiger partial charge < -0.3 is 0 Å². The molecule has 0 aliphatic rings. The van der Waals surface area contributed by atoms with E-state index < -0.39 is 0 Å². The van der Waals surface area contributed by atoms with Crippen molar-refractivity contribution >= 4 is 65.0 Å². The monoisotopic (exact) mass is 685 g/mol. The fourth-order valence-corrected chi connectivity index (χ4v) is 8.20. The van der Waals surface area contributed by atoms with Crippen LogP contribution in [0, 0.1) is 0 Å². The van der Waals surface area contributed by atoms with Crippen LogP contribution >= 0.6 is 0 Å². The summed E-state index contributed by atoms with van der Waals surface area (Å²) < 4.78 is 0. The zero-order chi connectivity index (χ0) is 35.6. The van der Waals surface area contributed by atoms with Crippen LogP contribution < -0.4 is 0 Å². The van der Waals surface area contributed by atoms with E-state index in [1.807, 2.05) is 12.3 Å². The molecule has 250 valence electrons. The smallest absolute Gasteiger partial charge is 0.0972 e. The summed E-state index contributed by atoms with van der Waals surface area (Å²) in [6, 6.07) is 65.1. The Morgan fingerprint density at radius 3 is 1.89 bits per heavy atom. The lowest BCUT2D eigenvalue weighted by Crippen LogP contribution is -1.93. The summed E-state index contributed by atoms with van der Waals surface area (Å²) in [5.41, 5.74) is 11.7. The van der Waals surface area contributed by atoms with Crippen molar-refractivity contribution in [2.75, 3.05) is 0 Å². The lowest BCUT2D eigenvalue weighted by Gasteiger charge is -2.17. The van der Waals surface area contributed by atoms with E-state index in [0.29, 0.717) is 0 Å². The number of rotatable bonds is 4. The number of pyridine rings is 3. The molecule has 0 N–H and O–H groups in total. The molecule has 0 fully saturated rings. The summed E-state index contributed by atoms with van der Waals surface area (Å²) in [5, 5.41) is 10.6. The van der Waals surface area contributed by atoms with Crippen LogP contribution in [0.2, 0.25) is 0 Å². The van der Waals surface area contributed by atoms with E-state index in [0.717, 1.165) is 66.4 Å². The summed E-state index contributed by atoms with van der Waals surface area (Å²) in [7, 11) is 0. The van der Waals surface area contributed by atoms with E-state index in [2.05, 4.69) is 181 Å². The minimum absolute atomic E-state index is 0.928. The zero-order valence-electron chi connectivity index (χ0n) is 29.2. The molecule has 0 atom stereocenters. The predicted molar refractivity (Wildman–Crippen MR) is 227 cm³/mol. The minimum Gasteiger partial charge on any atom is -0.254 e. The topological polar surface area (TPSA) is 38.7 Å². The molecule has 0 saturated carbocycles. The van der Waals surface area contributed by atoms with Gasteiger partial charge in [-0.15, -0.1) is 0 Å². The molecule has 11 rings (SSSR count). The van der Waals surface area contributed by atoms with Crippen LogP contribution in [-0.2, 0) is 0 Å². The molecule has 0 saturated heterocycles. The van der Waals surface area contributed by atoms with Crippen molar-refractivity contribution in [2.45, 2.75) is 0 Å². The lowest BCUT2D eigenvalue weighted by atomic mass is 9.89. The third kappa shape index (κ3) is 4.94. The van der Waals surface area contributed by atoms with Crippen molar-refractivity contribution in [1.29, 1.82) is 0 Å². The second-order valence-electron chi connectivity index (χ2n) is 14.0. The van der Waals surface area contributed by atoms with Crippen molar-refractivity contribution < 1.29 is 0 Å². The molecule has 0 aliphatic heterocycles. The number of hydrogen-bond acceptors (Lipinski definition) is 3. The highest BCUT2D eigenvalue weighted by atomic mass is 14.8. The molecule has 8 aromatic carbocycles. The zero-order valence-corrected chi connectivity index (χ0v) is 29.2. The highest BCUT2D eigenvalue weighted by molar-refractivity contribution is 6.25. The Balaban J connectivity index is 1.05. The van der Waals surface area contributed by atoms with Crippen molar-refractivity contribution in [3.63, 3.8) is 0 Å². The molecule has 0 bridgehead atoms. The summed E-state index contributed by atoms with van der Waals surface area (Å²) in [6.45, 7) is 0. The van der Waals surface area contributed by atoms with Gasteiger partial charge in [-0.25, -0.2) is 9.97 Å². The average Bonchev–Trinajstić information content (AvgIpc) is 3.25. The van der Waals surface area contributed by atoms with Crippen LogP contribution in [0.1, 0.15) is 0 Å². The van der Waals surface area contributed by atoms with E-state index in [-0.39, 0.29) is 0 Å². The molecule has 11 aromatic rings. The van der Waals surface area contributed by atoms with Crippen LogP contribution in [0.5, 0.6) is 0 Å². The number of aromatic nitrogens is 3. The van der Waals surface area contributed by atoms with Crippen LogP contribution in [0.15, 0.2) is 188 Å². The maximum atomic E-state index is 5.34. The number of fused-ring (bicyclic) bond motifs is 9.